The molecule has 0 bridgehead atoms. The molecule has 0 saturated heterocycles. The molecule has 3 heterocycles. The monoisotopic (exact) mass is 501 g/mol. The van der Waals surface area contributed by atoms with Crippen LogP contribution in [-0.2, 0) is 0 Å². The Morgan fingerprint density at radius 1 is 1.14 bits per heavy atom. The predicted octanol–water partition coefficient (Wildman–Crippen LogP) is 7.17. The summed E-state index contributed by atoms with van der Waals surface area (Å²) in [6.45, 7) is 11.3. The number of thioether (sulfide) groups is 1. The Bertz CT molecular complexity index is 1490. The second kappa shape index (κ2) is 8.73. The van der Waals surface area contributed by atoms with Crippen molar-refractivity contribution >= 4 is 35.1 Å². The van der Waals surface area contributed by atoms with E-state index < -0.39 is 0 Å². The quantitative estimate of drug-likeness (QED) is 0.327. The summed E-state index contributed by atoms with van der Waals surface area (Å²) in [5.41, 5.74) is 10.1. The predicted molar refractivity (Wildman–Crippen MR) is 158 cm³/mol. The highest BCUT2D eigenvalue weighted by Crippen LogP contribution is 2.53. The Balaban J connectivity index is 1.44. The third-order valence-electron chi connectivity index (χ3n) is 8.89. The smallest absolute Gasteiger partial charge is 0.249 e. The number of benzene rings is 2. The Hall–Kier alpha value is -3.11. The largest absolute Gasteiger partial charge is 0.461 e. The first-order chi connectivity index (χ1) is 18.1. The molecule has 0 amide bonds. The van der Waals surface area contributed by atoms with Gasteiger partial charge in [0.25, 0.3) is 0 Å². The molecule has 37 heavy (non-hydrogen) atoms. The van der Waals surface area contributed by atoms with Crippen LogP contribution in [0.3, 0.4) is 0 Å². The Labute approximate surface area is 225 Å². The summed E-state index contributed by atoms with van der Waals surface area (Å²) in [5, 5.41) is 0. The van der Waals surface area contributed by atoms with Crippen LogP contribution in [0.15, 0.2) is 112 Å². The van der Waals surface area contributed by atoms with E-state index in [2.05, 4.69) is 99.0 Å². The molecule has 0 N–H and O–H groups in total. The van der Waals surface area contributed by atoms with E-state index in [0.29, 0.717) is 17.9 Å². The average Bonchev–Trinajstić information content (AvgIpc) is 3.22. The lowest BCUT2D eigenvalue weighted by Crippen LogP contribution is -2.54. The van der Waals surface area contributed by atoms with E-state index in [-0.39, 0.29) is 6.71 Å². The van der Waals surface area contributed by atoms with Gasteiger partial charge in [-0.15, -0.1) is 0 Å². The zero-order valence-electron chi connectivity index (χ0n) is 21.8. The fourth-order valence-corrected chi connectivity index (χ4v) is 8.32. The molecule has 0 spiro atoms. The van der Waals surface area contributed by atoms with Crippen LogP contribution in [-0.4, -0.2) is 12.8 Å². The summed E-state index contributed by atoms with van der Waals surface area (Å²) in [6.07, 6.45) is 16.3. The van der Waals surface area contributed by atoms with E-state index in [1.807, 2.05) is 17.8 Å². The van der Waals surface area contributed by atoms with Gasteiger partial charge in [0.1, 0.15) is 11.5 Å². The SMILES string of the molecule is C=C/C=C1/Sc2c(OC3=CC=CCC3)cccc2B2C1=C(C)N1c3c2cccc3C2C=C(C)C(C)CC21. The van der Waals surface area contributed by atoms with Gasteiger partial charge in [0.2, 0.25) is 6.71 Å². The second-order valence-electron chi connectivity index (χ2n) is 11.0. The van der Waals surface area contributed by atoms with Crippen molar-refractivity contribution in [2.75, 3.05) is 4.90 Å². The highest BCUT2D eigenvalue weighted by Gasteiger charge is 2.49. The van der Waals surface area contributed by atoms with Gasteiger partial charge in [0.05, 0.1) is 4.90 Å². The molecular formula is C33H32BNOS. The molecule has 0 fully saturated rings. The molecule has 3 unspecified atom stereocenters. The minimum atomic E-state index is 0.195. The number of fused-ring (bicyclic) bond motifs is 7. The molecule has 2 nitrogen and oxygen atoms in total. The van der Waals surface area contributed by atoms with Gasteiger partial charge in [-0.3, -0.25) is 0 Å². The fraction of sp³-hybridized carbons (Fsp3) is 0.273. The van der Waals surface area contributed by atoms with E-state index in [0.717, 1.165) is 24.4 Å². The summed E-state index contributed by atoms with van der Waals surface area (Å²) >= 11 is 1.84. The van der Waals surface area contributed by atoms with E-state index in [1.165, 1.54) is 55.1 Å². The molecule has 2 aromatic carbocycles. The van der Waals surface area contributed by atoms with Crippen LogP contribution >= 0.6 is 11.8 Å². The maximum atomic E-state index is 6.53. The Morgan fingerprint density at radius 2 is 1.97 bits per heavy atom. The molecule has 0 aromatic heterocycles. The lowest BCUT2D eigenvalue weighted by Gasteiger charge is -2.43. The van der Waals surface area contributed by atoms with Crippen molar-refractivity contribution in [3.63, 3.8) is 0 Å². The number of nitrogens with zero attached hydrogens (tertiary/aromatic N) is 1. The second-order valence-corrected chi connectivity index (χ2v) is 12.0. The van der Waals surface area contributed by atoms with Crippen LogP contribution in [0.2, 0.25) is 0 Å². The number of para-hydroxylation sites is 1. The molecule has 3 atom stereocenters. The average molecular weight is 502 g/mol. The van der Waals surface area contributed by atoms with Crippen molar-refractivity contribution in [3.8, 4) is 5.75 Å². The van der Waals surface area contributed by atoms with Gasteiger partial charge < -0.3 is 9.64 Å². The van der Waals surface area contributed by atoms with E-state index in [9.17, 15) is 0 Å². The van der Waals surface area contributed by atoms with Crippen molar-refractivity contribution in [2.45, 2.75) is 56.9 Å². The molecule has 2 aromatic rings. The third-order valence-corrected chi connectivity index (χ3v) is 10.1. The number of hydrogen-bond donors (Lipinski definition) is 0. The zero-order chi connectivity index (χ0) is 25.3. The maximum Gasteiger partial charge on any atom is 0.249 e. The highest BCUT2D eigenvalue weighted by molar-refractivity contribution is 8.04. The van der Waals surface area contributed by atoms with Gasteiger partial charge in [-0.25, -0.2) is 0 Å². The summed E-state index contributed by atoms with van der Waals surface area (Å²) < 4.78 is 6.53. The molecule has 3 aliphatic heterocycles. The molecule has 2 aliphatic carbocycles. The van der Waals surface area contributed by atoms with Gasteiger partial charge in [-0.1, -0.05) is 90.9 Å². The normalized spacial score (nSPS) is 26.2. The van der Waals surface area contributed by atoms with E-state index in [4.69, 9.17) is 4.74 Å². The van der Waals surface area contributed by atoms with E-state index in [1.54, 1.807) is 0 Å². The van der Waals surface area contributed by atoms with Gasteiger partial charge in [0, 0.05) is 34.7 Å². The van der Waals surface area contributed by atoms with Crippen LogP contribution in [0, 0.1) is 5.92 Å². The number of anilines is 1. The van der Waals surface area contributed by atoms with Crippen molar-refractivity contribution in [1.82, 2.24) is 0 Å². The third kappa shape index (κ3) is 3.41. The number of hydrogen-bond acceptors (Lipinski definition) is 3. The lowest BCUT2D eigenvalue weighted by atomic mass is 9.34. The minimum absolute atomic E-state index is 0.195. The highest BCUT2D eigenvalue weighted by atomic mass is 32.2. The van der Waals surface area contributed by atoms with Crippen molar-refractivity contribution in [2.24, 2.45) is 5.92 Å². The summed E-state index contributed by atoms with van der Waals surface area (Å²) in [4.78, 5) is 5.22. The fourth-order valence-electron chi connectivity index (χ4n) is 7.05. The summed E-state index contributed by atoms with van der Waals surface area (Å²) in [6, 6.07) is 14.1. The Morgan fingerprint density at radius 3 is 2.78 bits per heavy atom. The van der Waals surface area contributed by atoms with Crippen molar-refractivity contribution in [3.05, 3.63) is 112 Å². The van der Waals surface area contributed by atoms with Crippen molar-refractivity contribution < 1.29 is 4.74 Å². The topological polar surface area (TPSA) is 12.5 Å². The van der Waals surface area contributed by atoms with Crippen LogP contribution < -0.4 is 20.6 Å². The van der Waals surface area contributed by atoms with Crippen LogP contribution in [0.25, 0.3) is 0 Å². The van der Waals surface area contributed by atoms with Crippen LogP contribution in [0.1, 0.15) is 51.5 Å². The molecule has 0 radical (unpaired) electrons. The molecule has 0 saturated carbocycles. The molecule has 7 rings (SSSR count). The molecule has 5 aliphatic rings. The summed E-state index contributed by atoms with van der Waals surface area (Å²) in [5.74, 6) is 3.08. The van der Waals surface area contributed by atoms with Crippen LogP contribution in [0.5, 0.6) is 5.75 Å². The Kier molecular flexibility index (Phi) is 5.44. The van der Waals surface area contributed by atoms with E-state index >= 15 is 0 Å². The molecular weight excluding hydrogens is 469 g/mol. The van der Waals surface area contributed by atoms with Crippen LogP contribution in [0.4, 0.5) is 5.69 Å². The first-order valence-corrected chi connectivity index (χ1v) is 14.4. The number of allylic oxidation sites excluding steroid dienone is 9. The minimum Gasteiger partial charge on any atom is -0.461 e. The first kappa shape index (κ1) is 23.0. The molecule has 4 heteroatoms. The zero-order valence-corrected chi connectivity index (χ0v) is 22.6. The number of rotatable bonds is 3. The van der Waals surface area contributed by atoms with Gasteiger partial charge in [-0.05, 0) is 67.3 Å². The molecule has 184 valence electrons. The first-order valence-electron chi connectivity index (χ1n) is 13.5. The van der Waals surface area contributed by atoms with Crippen molar-refractivity contribution in [1.29, 1.82) is 0 Å². The summed E-state index contributed by atoms with van der Waals surface area (Å²) in [7, 11) is 0. The van der Waals surface area contributed by atoms with Gasteiger partial charge in [0.15, 0.2) is 0 Å². The van der Waals surface area contributed by atoms with Gasteiger partial charge >= 0.3 is 0 Å². The standard InChI is InChI=1S/C33H32BNOS/c1-5-11-30-31-22(4)35-28-19-21(3)20(2)18-25(28)24-14-9-15-26(32(24)35)34(31)27-16-10-17-29(33(27)37-30)36-23-12-7-6-8-13-23/h5-7,9-12,14-18,21,25,28H,1,8,13,19H2,2-4H3/b30-11+. The van der Waals surface area contributed by atoms with Gasteiger partial charge in [-0.2, -0.15) is 0 Å². The maximum absolute atomic E-state index is 6.53. The lowest BCUT2D eigenvalue weighted by molar-refractivity contribution is 0.394. The number of ether oxygens (including phenoxy) is 1.